The molecule has 2 aromatic rings. The van der Waals surface area contributed by atoms with Crippen molar-refractivity contribution in [3.8, 4) is 0 Å². The van der Waals surface area contributed by atoms with Gasteiger partial charge in [-0.2, -0.15) is 0 Å². The first-order valence-electron chi connectivity index (χ1n) is 7.95. The number of aromatic nitrogens is 3. The van der Waals surface area contributed by atoms with Gasteiger partial charge in [0.2, 0.25) is 0 Å². The number of ether oxygens (including phenoxy) is 1. The molecule has 0 saturated carbocycles. The Morgan fingerprint density at radius 2 is 2.19 bits per heavy atom. The van der Waals surface area contributed by atoms with E-state index >= 15 is 0 Å². The molecule has 1 atom stereocenters. The summed E-state index contributed by atoms with van der Waals surface area (Å²) in [7, 11) is 0. The van der Waals surface area contributed by atoms with Crippen LogP contribution in [0.2, 0.25) is 0 Å². The lowest BCUT2D eigenvalue weighted by Gasteiger charge is -2.25. The minimum atomic E-state index is 0.215. The summed E-state index contributed by atoms with van der Waals surface area (Å²) in [6.45, 7) is 8.52. The fraction of sp³-hybridized carbons (Fsp3) is 0.647. The molecule has 0 aromatic carbocycles. The van der Waals surface area contributed by atoms with Gasteiger partial charge in [-0.1, -0.05) is 20.8 Å². The highest BCUT2D eigenvalue weighted by Crippen LogP contribution is 2.25. The second-order valence-electron chi connectivity index (χ2n) is 7.21. The van der Waals surface area contributed by atoms with Crippen LogP contribution in [0.15, 0.2) is 18.3 Å². The first kappa shape index (κ1) is 14.5. The van der Waals surface area contributed by atoms with Crippen LogP contribution in [0.3, 0.4) is 0 Å². The van der Waals surface area contributed by atoms with Gasteiger partial charge in [0.15, 0.2) is 5.65 Å². The molecule has 0 aliphatic carbocycles. The summed E-state index contributed by atoms with van der Waals surface area (Å²) in [5.41, 5.74) is 2.20. The van der Waals surface area contributed by atoms with Gasteiger partial charge in [0.25, 0.3) is 0 Å². The van der Waals surface area contributed by atoms with Crippen molar-refractivity contribution in [1.82, 2.24) is 14.5 Å². The summed E-state index contributed by atoms with van der Waals surface area (Å²) in [4.78, 5) is 9.35. The third-order valence-electron chi connectivity index (χ3n) is 3.93. The largest absolute Gasteiger partial charge is 0.376 e. The van der Waals surface area contributed by atoms with E-state index in [4.69, 9.17) is 9.72 Å². The van der Waals surface area contributed by atoms with E-state index in [-0.39, 0.29) is 5.41 Å². The Morgan fingerprint density at radius 1 is 1.33 bits per heavy atom. The fourth-order valence-corrected chi connectivity index (χ4v) is 2.96. The third-order valence-corrected chi connectivity index (χ3v) is 3.93. The lowest BCUT2D eigenvalue weighted by atomic mass is 9.92. The molecule has 4 heteroatoms. The predicted molar refractivity (Wildman–Crippen MR) is 84.3 cm³/mol. The van der Waals surface area contributed by atoms with Crippen LogP contribution in [-0.2, 0) is 17.7 Å². The van der Waals surface area contributed by atoms with Crippen LogP contribution in [0.25, 0.3) is 11.2 Å². The molecule has 1 fully saturated rings. The number of fused-ring (bicyclic) bond motifs is 1. The van der Waals surface area contributed by atoms with E-state index in [0.717, 1.165) is 43.0 Å². The summed E-state index contributed by atoms with van der Waals surface area (Å²) < 4.78 is 8.18. The first-order valence-corrected chi connectivity index (χ1v) is 7.95. The Balaban J connectivity index is 1.94. The molecule has 3 heterocycles. The molecule has 1 unspecified atom stereocenters. The van der Waals surface area contributed by atoms with E-state index in [1.165, 1.54) is 12.8 Å². The molecule has 1 aliphatic rings. The SMILES string of the molecule is CC(C)(C)Cc1nc2cccnc2n1CC1CCCCO1. The predicted octanol–water partition coefficient (Wildman–Crippen LogP) is 3.59. The molecule has 1 saturated heterocycles. The van der Waals surface area contributed by atoms with Crippen LogP contribution in [0.5, 0.6) is 0 Å². The van der Waals surface area contributed by atoms with Gasteiger partial charge in [0, 0.05) is 19.2 Å². The van der Waals surface area contributed by atoms with E-state index in [2.05, 4.69) is 30.3 Å². The molecule has 1 aliphatic heterocycles. The summed E-state index contributed by atoms with van der Waals surface area (Å²) in [5.74, 6) is 1.13. The minimum absolute atomic E-state index is 0.215. The molecule has 0 radical (unpaired) electrons. The maximum Gasteiger partial charge on any atom is 0.160 e. The molecule has 0 spiro atoms. The monoisotopic (exact) mass is 287 g/mol. The van der Waals surface area contributed by atoms with E-state index in [1.807, 2.05) is 18.3 Å². The van der Waals surface area contributed by atoms with Gasteiger partial charge in [0.05, 0.1) is 12.6 Å². The normalized spacial score (nSPS) is 20.0. The highest BCUT2D eigenvalue weighted by molar-refractivity contribution is 5.71. The van der Waals surface area contributed by atoms with Gasteiger partial charge in [-0.3, -0.25) is 0 Å². The zero-order valence-electron chi connectivity index (χ0n) is 13.3. The van der Waals surface area contributed by atoms with Crippen molar-refractivity contribution in [3.63, 3.8) is 0 Å². The third kappa shape index (κ3) is 3.43. The average molecular weight is 287 g/mol. The highest BCUT2D eigenvalue weighted by atomic mass is 16.5. The molecule has 3 rings (SSSR count). The summed E-state index contributed by atoms with van der Waals surface area (Å²) in [6.07, 6.45) is 6.70. The second kappa shape index (κ2) is 5.76. The van der Waals surface area contributed by atoms with Crippen LogP contribution in [0, 0.1) is 5.41 Å². The molecule has 0 bridgehead atoms. The zero-order valence-corrected chi connectivity index (χ0v) is 13.3. The van der Waals surface area contributed by atoms with Gasteiger partial charge in [-0.05, 0) is 36.8 Å². The lowest BCUT2D eigenvalue weighted by molar-refractivity contribution is 0.00594. The summed E-state index contributed by atoms with van der Waals surface area (Å²) in [5, 5.41) is 0. The fourth-order valence-electron chi connectivity index (χ4n) is 2.96. The highest BCUT2D eigenvalue weighted by Gasteiger charge is 2.22. The van der Waals surface area contributed by atoms with Crippen molar-refractivity contribution < 1.29 is 4.74 Å². The molecule has 114 valence electrons. The van der Waals surface area contributed by atoms with E-state index < -0.39 is 0 Å². The Bertz CT molecular complexity index is 606. The Kier molecular flexibility index (Phi) is 3.98. The van der Waals surface area contributed by atoms with E-state index in [1.54, 1.807) is 0 Å². The van der Waals surface area contributed by atoms with E-state index in [0.29, 0.717) is 6.10 Å². The number of rotatable bonds is 3. The first-order chi connectivity index (χ1) is 10.0. The zero-order chi connectivity index (χ0) is 14.9. The van der Waals surface area contributed by atoms with E-state index in [9.17, 15) is 0 Å². The molecule has 0 N–H and O–H groups in total. The van der Waals surface area contributed by atoms with Crippen molar-refractivity contribution in [3.05, 3.63) is 24.2 Å². The summed E-state index contributed by atoms with van der Waals surface area (Å²) >= 11 is 0. The van der Waals surface area contributed by atoms with Crippen molar-refractivity contribution >= 4 is 11.2 Å². The molecular weight excluding hydrogens is 262 g/mol. The van der Waals surface area contributed by atoms with Gasteiger partial charge >= 0.3 is 0 Å². The number of hydrogen-bond donors (Lipinski definition) is 0. The topological polar surface area (TPSA) is 39.9 Å². The molecule has 0 amide bonds. The van der Waals surface area contributed by atoms with Crippen molar-refractivity contribution in [2.24, 2.45) is 5.41 Å². The average Bonchev–Trinajstić information content (AvgIpc) is 2.76. The number of hydrogen-bond acceptors (Lipinski definition) is 3. The maximum absolute atomic E-state index is 5.91. The molecule has 21 heavy (non-hydrogen) atoms. The smallest absolute Gasteiger partial charge is 0.160 e. The maximum atomic E-state index is 5.91. The number of imidazole rings is 1. The summed E-state index contributed by atoms with van der Waals surface area (Å²) in [6, 6.07) is 4.00. The molecule has 2 aromatic heterocycles. The molecule has 4 nitrogen and oxygen atoms in total. The van der Waals surface area contributed by atoms with Gasteiger partial charge in [-0.25, -0.2) is 9.97 Å². The minimum Gasteiger partial charge on any atom is -0.376 e. The number of pyridine rings is 1. The van der Waals surface area contributed by atoms with Crippen LogP contribution < -0.4 is 0 Å². The Morgan fingerprint density at radius 3 is 2.90 bits per heavy atom. The van der Waals surface area contributed by atoms with Crippen molar-refractivity contribution in [1.29, 1.82) is 0 Å². The van der Waals surface area contributed by atoms with Gasteiger partial charge in [0.1, 0.15) is 11.3 Å². The Hall–Kier alpha value is -1.42. The van der Waals surface area contributed by atoms with Crippen LogP contribution in [0.4, 0.5) is 0 Å². The van der Waals surface area contributed by atoms with Crippen molar-refractivity contribution in [2.75, 3.05) is 6.61 Å². The van der Waals surface area contributed by atoms with Crippen LogP contribution >= 0.6 is 0 Å². The standard InChI is InChI=1S/C17H25N3O/c1-17(2,3)11-15-19-14-8-6-9-18-16(14)20(15)12-13-7-4-5-10-21-13/h6,8-9,13H,4-5,7,10-12H2,1-3H3. The van der Waals surface area contributed by atoms with Crippen LogP contribution in [-0.4, -0.2) is 27.2 Å². The molecular formula is C17H25N3O. The lowest BCUT2D eigenvalue weighted by Crippen LogP contribution is -2.26. The van der Waals surface area contributed by atoms with Crippen molar-refractivity contribution in [2.45, 2.75) is 59.1 Å². The van der Waals surface area contributed by atoms with Gasteiger partial charge < -0.3 is 9.30 Å². The Labute approximate surface area is 126 Å². The second-order valence-corrected chi connectivity index (χ2v) is 7.21. The number of nitrogens with zero attached hydrogens (tertiary/aromatic N) is 3. The van der Waals surface area contributed by atoms with Gasteiger partial charge in [-0.15, -0.1) is 0 Å². The van der Waals surface area contributed by atoms with Crippen LogP contribution in [0.1, 0.15) is 45.9 Å². The quantitative estimate of drug-likeness (QED) is 0.866.